The van der Waals surface area contributed by atoms with E-state index in [0.717, 1.165) is 30.1 Å². The largest absolute Gasteiger partial charge is 0.348 e. The number of hydrogen-bond acceptors (Lipinski definition) is 2. The molecule has 3 atom stereocenters. The highest BCUT2D eigenvalue weighted by atomic mass is 16.1. The molecule has 4 heterocycles. The Morgan fingerprint density at radius 2 is 2.23 bits per heavy atom. The second-order valence-electron chi connectivity index (χ2n) is 6.39. The Morgan fingerprint density at radius 3 is 3.05 bits per heavy atom. The molecule has 4 rings (SSSR count). The molecule has 112 valence electrons. The third-order valence-corrected chi connectivity index (χ3v) is 4.87. The average Bonchev–Trinajstić information content (AvgIpc) is 3.09. The van der Waals surface area contributed by atoms with E-state index in [9.17, 15) is 4.79 Å². The minimum absolute atomic E-state index is 0.0125. The first-order chi connectivity index (χ1) is 10.7. The smallest absolute Gasteiger partial charge is 0.251 e. The molecule has 1 amide bonds. The van der Waals surface area contributed by atoms with Crippen molar-refractivity contribution in [1.29, 1.82) is 0 Å². The number of piperidine rings is 1. The van der Waals surface area contributed by atoms with Gasteiger partial charge in [-0.25, -0.2) is 0 Å². The topological polar surface area (TPSA) is 36.8 Å². The van der Waals surface area contributed by atoms with Crippen LogP contribution in [0.2, 0.25) is 0 Å². The Bertz CT molecular complexity index is 758. The van der Waals surface area contributed by atoms with Crippen LogP contribution in [0.1, 0.15) is 28.9 Å². The van der Waals surface area contributed by atoms with Crippen LogP contribution in [0.25, 0.3) is 5.52 Å². The number of pyridine rings is 1. The summed E-state index contributed by atoms with van der Waals surface area (Å²) in [5, 5.41) is 3.19. The number of carbonyl (C=O) groups is 1. The Kier molecular flexibility index (Phi) is 3.16. The molecule has 2 saturated heterocycles. The van der Waals surface area contributed by atoms with Gasteiger partial charge in [0.2, 0.25) is 0 Å². The van der Waals surface area contributed by atoms with Crippen LogP contribution in [0.15, 0.2) is 30.5 Å². The lowest BCUT2D eigenvalue weighted by molar-refractivity contribution is 0.0909. The van der Waals surface area contributed by atoms with Crippen LogP contribution in [0.3, 0.4) is 0 Å². The number of terminal acetylenes is 1. The summed E-state index contributed by atoms with van der Waals surface area (Å²) in [6.45, 7) is 3.37. The highest BCUT2D eigenvalue weighted by molar-refractivity contribution is 5.95. The number of amides is 1. The Labute approximate surface area is 130 Å². The minimum atomic E-state index is 0.0125. The second-order valence-corrected chi connectivity index (χ2v) is 6.39. The quantitative estimate of drug-likeness (QED) is 0.856. The molecule has 0 aliphatic carbocycles. The van der Waals surface area contributed by atoms with Crippen molar-refractivity contribution >= 4 is 11.4 Å². The molecular formula is C18H19N3O. The fourth-order valence-electron chi connectivity index (χ4n) is 3.80. The summed E-state index contributed by atoms with van der Waals surface area (Å²) in [5.74, 6) is 3.41. The summed E-state index contributed by atoms with van der Waals surface area (Å²) >= 11 is 0. The minimum Gasteiger partial charge on any atom is -0.348 e. The van der Waals surface area contributed by atoms with E-state index < -0.39 is 0 Å². The van der Waals surface area contributed by atoms with E-state index in [-0.39, 0.29) is 11.9 Å². The highest BCUT2D eigenvalue weighted by Crippen LogP contribution is 2.26. The molecule has 0 aromatic carbocycles. The Hall–Kier alpha value is -2.25. The van der Waals surface area contributed by atoms with Gasteiger partial charge in [0, 0.05) is 36.4 Å². The summed E-state index contributed by atoms with van der Waals surface area (Å²) in [4.78, 5) is 14.9. The number of carbonyl (C=O) groups excluding carboxylic acids is 1. The van der Waals surface area contributed by atoms with E-state index in [0.29, 0.717) is 5.56 Å². The first kappa shape index (κ1) is 13.4. The summed E-state index contributed by atoms with van der Waals surface area (Å²) < 4.78 is 1.92. The van der Waals surface area contributed by atoms with E-state index in [2.05, 4.69) is 16.1 Å². The number of nitrogens with zero attached hydrogens (tertiary/aromatic N) is 2. The van der Waals surface area contributed by atoms with E-state index >= 15 is 0 Å². The number of hydrogen-bond donors (Lipinski definition) is 1. The van der Waals surface area contributed by atoms with Gasteiger partial charge in [-0.05, 0) is 49.6 Å². The molecule has 22 heavy (non-hydrogen) atoms. The molecule has 2 bridgehead atoms. The fourth-order valence-corrected chi connectivity index (χ4v) is 3.80. The molecule has 0 saturated carbocycles. The van der Waals surface area contributed by atoms with Crippen molar-refractivity contribution in [3.63, 3.8) is 0 Å². The zero-order valence-corrected chi connectivity index (χ0v) is 12.5. The van der Waals surface area contributed by atoms with Crippen LogP contribution in [-0.2, 0) is 0 Å². The van der Waals surface area contributed by atoms with Crippen LogP contribution < -0.4 is 5.32 Å². The van der Waals surface area contributed by atoms with Crippen LogP contribution >= 0.6 is 0 Å². The van der Waals surface area contributed by atoms with E-state index in [1.807, 2.05) is 34.9 Å². The van der Waals surface area contributed by atoms with E-state index in [1.165, 1.54) is 19.5 Å². The molecule has 2 aromatic rings. The van der Waals surface area contributed by atoms with Gasteiger partial charge in [-0.2, -0.15) is 0 Å². The maximum atomic E-state index is 12.5. The van der Waals surface area contributed by atoms with Crippen LogP contribution in [0, 0.1) is 18.3 Å². The first-order valence-electron chi connectivity index (χ1n) is 7.84. The zero-order chi connectivity index (χ0) is 15.1. The van der Waals surface area contributed by atoms with Crippen molar-refractivity contribution in [3.8, 4) is 12.3 Å². The molecule has 0 radical (unpaired) electrons. The van der Waals surface area contributed by atoms with Crippen LogP contribution in [0.4, 0.5) is 0 Å². The number of nitrogens with one attached hydrogen (secondary N) is 1. The number of aromatic nitrogens is 1. The molecule has 2 fully saturated rings. The lowest BCUT2D eigenvalue weighted by Crippen LogP contribution is -2.47. The summed E-state index contributed by atoms with van der Waals surface area (Å²) in [7, 11) is 0. The van der Waals surface area contributed by atoms with Crippen molar-refractivity contribution in [1.82, 2.24) is 14.6 Å². The van der Waals surface area contributed by atoms with Crippen molar-refractivity contribution in [2.24, 2.45) is 5.92 Å². The standard InChI is InChI=1S/C18H19N3O/c1-2-16-3-4-17-10-14(6-8-21(16)17)18(22)19-15-9-13-5-7-20(11-13)12-15/h1,3-4,6,8,10,13,15H,5,7,9,11-12H2,(H,19,22)/t13?,15-/m1/s1. The van der Waals surface area contributed by atoms with Crippen LogP contribution in [0.5, 0.6) is 0 Å². The maximum absolute atomic E-state index is 12.5. The van der Waals surface area contributed by atoms with Gasteiger partial charge in [0.15, 0.2) is 0 Å². The molecule has 2 aliphatic rings. The lowest BCUT2D eigenvalue weighted by Gasteiger charge is -2.30. The predicted octanol–water partition coefficient (Wildman–Crippen LogP) is 1.74. The number of fused-ring (bicyclic) bond motifs is 3. The molecular weight excluding hydrogens is 274 g/mol. The van der Waals surface area contributed by atoms with E-state index in [1.54, 1.807) is 0 Å². The van der Waals surface area contributed by atoms with Crippen molar-refractivity contribution in [3.05, 3.63) is 41.7 Å². The van der Waals surface area contributed by atoms with Gasteiger partial charge in [0.05, 0.1) is 5.69 Å². The predicted molar refractivity (Wildman–Crippen MR) is 85.8 cm³/mol. The maximum Gasteiger partial charge on any atom is 0.251 e. The summed E-state index contributed by atoms with van der Waals surface area (Å²) in [6, 6.07) is 7.84. The third kappa shape index (κ3) is 2.28. The SMILES string of the molecule is C#Cc1ccc2cc(C(=O)N[C@@H]3CC4CCN(C4)C3)ccn12. The highest BCUT2D eigenvalue weighted by Gasteiger charge is 2.32. The Balaban J connectivity index is 1.52. The van der Waals surface area contributed by atoms with Gasteiger partial charge in [-0.15, -0.1) is 6.42 Å². The van der Waals surface area contributed by atoms with Gasteiger partial charge in [-0.3, -0.25) is 4.79 Å². The molecule has 1 N–H and O–H groups in total. The molecule has 2 unspecified atom stereocenters. The number of rotatable bonds is 2. The molecule has 4 nitrogen and oxygen atoms in total. The molecule has 2 aliphatic heterocycles. The van der Waals surface area contributed by atoms with Crippen molar-refractivity contribution < 1.29 is 4.79 Å². The molecule has 2 aromatic heterocycles. The van der Waals surface area contributed by atoms with E-state index in [4.69, 9.17) is 6.42 Å². The summed E-state index contributed by atoms with van der Waals surface area (Å²) in [5.41, 5.74) is 2.45. The second kappa shape index (κ2) is 5.19. The summed E-state index contributed by atoms with van der Waals surface area (Å²) in [6.07, 6.45) is 9.71. The van der Waals surface area contributed by atoms with Gasteiger partial charge in [-0.1, -0.05) is 5.92 Å². The normalized spacial score (nSPS) is 26.8. The third-order valence-electron chi connectivity index (χ3n) is 4.87. The molecule has 4 heteroatoms. The fraction of sp³-hybridized carbons (Fsp3) is 0.389. The first-order valence-corrected chi connectivity index (χ1v) is 7.84. The van der Waals surface area contributed by atoms with Crippen molar-refractivity contribution in [2.45, 2.75) is 18.9 Å². The van der Waals surface area contributed by atoms with Gasteiger partial charge >= 0.3 is 0 Å². The van der Waals surface area contributed by atoms with Gasteiger partial charge in [0.25, 0.3) is 5.91 Å². The zero-order valence-electron chi connectivity index (χ0n) is 12.5. The Morgan fingerprint density at radius 1 is 1.32 bits per heavy atom. The average molecular weight is 293 g/mol. The van der Waals surface area contributed by atoms with Crippen LogP contribution in [-0.4, -0.2) is 40.9 Å². The molecule has 0 spiro atoms. The monoisotopic (exact) mass is 293 g/mol. The van der Waals surface area contributed by atoms with Crippen molar-refractivity contribution in [2.75, 3.05) is 19.6 Å². The van der Waals surface area contributed by atoms with Gasteiger partial charge in [0.1, 0.15) is 0 Å². The lowest BCUT2D eigenvalue weighted by atomic mass is 9.96. The van der Waals surface area contributed by atoms with Gasteiger partial charge < -0.3 is 14.6 Å².